The summed E-state index contributed by atoms with van der Waals surface area (Å²) in [7, 11) is 0. The normalized spacial score (nSPS) is 34.0. The monoisotopic (exact) mass is 486 g/mol. The molecule has 4 rings (SSSR count). The van der Waals surface area contributed by atoms with E-state index in [1.165, 1.54) is 0 Å². The maximum Gasteiger partial charge on any atom is 0.389 e. The first-order chi connectivity index (χ1) is 15.8. The van der Waals surface area contributed by atoms with Crippen molar-refractivity contribution in [1.82, 2.24) is 15.1 Å². The number of carbonyl (C=O) groups is 3. The summed E-state index contributed by atoms with van der Waals surface area (Å²) in [6, 6.07) is -1.35. The van der Waals surface area contributed by atoms with Gasteiger partial charge >= 0.3 is 12.2 Å². The zero-order valence-corrected chi connectivity index (χ0v) is 18.8. The van der Waals surface area contributed by atoms with Crippen molar-refractivity contribution in [2.75, 3.05) is 6.54 Å². The summed E-state index contributed by atoms with van der Waals surface area (Å²) in [6.45, 7) is 1.26. The average molecular weight is 486 g/mol. The Labute approximate surface area is 194 Å². The van der Waals surface area contributed by atoms with Gasteiger partial charge in [-0.1, -0.05) is 0 Å². The number of aliphatic imine (C=N–C) groups is 1. The van der Waals surface area contributed by atoms with Crippen LogP contribution in [0.2, 0.25) is 0 Å². The number of aliphatic hydroxyl groups excluding tert-OH is 1. The number of hydrogen-bond donors (Lipinski definition) is 4. The highest BCUT2D eigenvalue weighted by atomic mass is 19.4. The molecule has 0 radical (unpaired) electrons. The summed E-state index contributed by atoms with van der Waals surface area (Å²) < 4.78 is 37.8. The van der Waals surface area contributed by atoms with Gasteiger partial charge in [-0.25, -0.2) is 4.79 Å². The minimum absolute atomic E-state index is 0.0583. The number of nitrogens with zero attached hydrogens (tertiary/aromatic N) is 3. The second-order valence-electron chi connectivity index (χ2n) is 9.88. The lowest BCUT2D eigenvalue weighted by atomic mass is 9.55. The maximum atomic E-state index is 13.1. The molecule has 13 heteroatoms. The van der Waals surface area contributed by atoms with E-state index >= 15 is 0 Å². The molecule has 1 unspecified atom stereocenters. The van der Waals surface area contributed by atoms with Crippen LogP contribution in [0.25, 0.3) is 0 Å². The number of urea groups is 1. The van der Waals surface area contributed by atoms with Gasteiger partial charge in [0, 0.05) is 19.0 Å². The number of aliphatic hydroxyl groups is 1. The van der Waals surface area contributed by atoms with Gasteiger partial charge in [0.05, 0.1) is 5.71 Å². The number of halogens is 3. The zero-order chi connectivity index (χ0) is 25.1. The Morgan fingerprint density at radius 1 is 1.21 bits per heavy atom. The quantitative estimate of drug-likeness (QED) is 0.436. The molecular formula is C21H29F3N6O4. The highest BCUT2D eigenvalue weighted by Gasteiger charge is 2.59. The summed E-state index contributed by atoms with van der Waals surface area (Å²) in [5.74, 6) is -1.47. The molecule has 4 amide bonds. The van der Waals surface area contributed by atoms with Crippen LogP contribution in [0.4, 0.5) is 18.0 Å². The number of rotatable bonds is 4. The Hall–Kier alpha value is -2.83. The fourth-order valence-corrected chi connectivity index (χ4v) is 5.87. The van der Waals surface area contributed by atoms with Gasteiger partial charge in [0.1, 0.15) is 17.1 Å². The minimum Gasteiger partial charge on any atom is -0.385 e. The molecule has 188 valence electrons. The topological polar surface area (TPSA) is 154 Å². The number of hydrogen-bond acceptors (Lipinski definition) is 7. The van der Waals surface area contributed by atoms with Crippen LogP contribution in [0, 0.1) is 5.41 Å². The predicted molar refractivity (Wildman–Crippen MR) is 114 cm³/mol. The third kappa shape index (κ3) is 4.21. The van der Waals surface area contributed by atoms with E-state index in [2.05, 4.69) is 10.3 Å². The molecule has 2 saturated carbocycles. The van der Waals surface area contributed by atoms with Crippen LogP contribution in [0.5, 0.6) is 0 Å². The molecule has 3 fully saturated rings. The smallest absolute Gasteiger partial charge is 0.385 e. The van der Waals surface area contributed by atoms with Crippen LogP contribution in [0.1, 0.15) is 58.3 Å². The Morgan fingerprint density at radius 3 is 2.32 bits per heavy atom. The van der Waals surface area contributed by atoms with Gasteiger partial charge in [-0.05, 0) is 57.3 Å². The van der Waals surface area contributed by atoms with Gasteiger partial charge in [0.25, 0.3) is 11.8 Å². The number of imide groups is 1. The first-order valence-corrected chi connectivity index (χ1v) is 11.3. The molecule has 2 aliphatic carbocycles. The van der Waals surface area contributed by atoms with E-state index in [1.807, 2.05) is 0 Å². The molecule has 2 aliphatic heterocycles. The molecule has 0 aromatic rings. The lowest BCUT2D eigenvalue weighted by molar-refractivity contribution is -0.141. The molecular weight excluding hydrogens is 457 g/mol. The molecule has 0 bridgehead atoms. The van der Waals surface area contributed by atoms with Crippen molar-refractivity contribution in [2.45, 2.75) is 82.4 Å². The Bertz CT molecular complexity index is 958. The molecule has 0 aromatic carbocycles. The SMILES string of the molecule is CC1=NC2(CC3(CCC(N4C(=O)C(=C(N)N)C(O)N(CCCC(F)(F)F)C4=O)CC3)C2)NC1=O. The van der Waals surface area contributed by atoms with Crippen molar-refractivity contribution in [1.29, 1.82) is 0 Å². The zero-order valence-electron chi connectivity index (χ0n) is 18.8. The first-order valence-electron chi connectivity index (χ1n) is 11.3. The molecule has 2 spiro atoms. The van der Waals surface area contributed by atoms with E-state index in [9.17, 15) is 32.7 Å². The number of carbonyl (C=O) groups excluding carboxylic acids is 3. The van der Waals surface area contributed by atoms with Crippen molar-refractivity contribution in [2.24, 2.45) is 21.9 Å². The van der Waals surface area contributed by atoms with Crippen LogP contribution in [0.3, 0.4) is 0 Å². The summed E-state index contributed by atoms with van der Waals surface area (Å²) in [4.78, 5) is 44.2. The van der Waals surface area contributed by atoms with E-state index < -0.39 is 66.8 Å². The number of nitrogens with one attached hydrogen (secondary N) is 1. The molecule has 0 aromatic heterocycles. The molecule has 1 saturated heterocycles. The standard InChI is InChI=1S/C21H29F3N6O4/c1-11-15(31)28-20(27-11)9-19(10-20)6-3-12(4-7-19)30-17(33)13(14(25)26)16(32)29(18(30)34)8-2-5-21(22,23)24/h12,16,32H,2-10,25-26H2,1H3,(H,28,31). The number of nitrogens with two attached hydrogens (primary N) is 2. The highest BCUT2D eigenvalue weighted by molar-refractivity contribution is 6.39. The van der Waals surface area contributed by atoms with Gasteiger partial charge in [-0.3, -0.25) is 24.4 Å². The Kier molecular flexibility index (Phi) is 5.82. The fraction of sp³-hybridized carbons (Fsp3) is 0.714. The van der Waals surface area contributed by atoms with E-state index in [1.54, 1.807) is 6.92 Å². The molecule has 4 aliphatic rings. The van der Waals surface area contributed by atoms with E-state index in [0.717, 1.165) is 9.80 Å². The summed E-state index contributed by atoms with van der Waals surface area (Å²) >= 11 is 0. The van der Waals surface area contributed by atoms with Gasteiger partial charge in [-0.15, -0.1) is 0 Å². The Balaban J connectivity index is 1.45. The van der Waals surface area contributed by atoms with Crippen molar-refractivity contribution in [3.8, 4) is 0 Å². The fourth-order valence-electron chi connectivity index (χ4n) is 5.87. The minimum atomic E-state index is -4.41. The molecule has 10 nitrogen and oxygen atoms in total. The van der Waals surface area contributed by atoms with Gasteiger partial charge < -0.3 is 21.9 Å². The molecule has 6 N–H and O–H groups in total. The summed E-state index contributed by atoms with van der Waals surface area (Å²) in [6.07, 6.45) is -4.09. The molecule has 34 heavy (non-hydrogen) atoms. The summed E-state index contributed by atoms with van der Waals surface area (Å²) in [5, 5.41) is 13.4. The maximum absolute atomic E-state index is 13.1. The highest BCUT2D eigenvalue weighted by Crippen LogP contribution is 2.58. The third-order valence-corrected chi connectivity index (χ3v) is 7.40. The lowest BCUT2D eigenvalue weighted by Gasteiger charge is -2.56. The van der Waals surface area contributed by atoms with Crippen LogP contribution in [-0.2, 0) is 9.59 Å². The van der Waals surface area contributed by atoms with Gasteiger partial charge in [0.15, 0.2) is 6.23 Å². The van der Waals surface area contributed by atoms with Crippen molar-refractivity contribution in [3.05, 3.63) is 11.4 Å². The lowest BCUT2D eigenvalue weighted by Crippen LogP contribution is -2.64. The molecule has 1 atom stereocenters. The van der Waals surface area contributed by atoms with E-state index in [-0.39, 0.29) is 11.3 Å². The number of alkyl halides is 3. The van der Waals surface area contributed by atoms with Crippen LogP contribution in [-0.4, -0.2) is 69.1 Å². The van der Waals surface area contributed by atoms with E-state index in [4.69, 9.17) is 11.5 Å². The first kappa shape index (κ1) is 24.3. The summed E-state index contributed by atoms with van der Waals surface area (Å²) in [5.41, 5.74) is 10.6. The average Bonchev–Trinajstić information content (AvgIpc) is 2.98. The predicted octanol–water partition coefficient (Wildman–Crippen LogP) is 1.05. The van der Waals surface area contributed by atoms with Crippen molar-refractivity contribution >= 4 is 23.6 Å². The van der Waals surface area contributed by atoms with Crippen molar-refractivity contribution < 1.29 is 32.7 Å². The van der Waals surface area contributed by atoms with Crippen LogP contribution in [0.15, 0.2) is 16.4 Å². The second kappa shape index (κ2) is 8.14. The third-order valence-electron chi connectivity index (χ3n) is 7.40. The van der Waals surface area contributed by atoms with E-state index in [0.29, 0.717) is 44.2 Å². The van der Waals surface area contributed by atoms with Crippen molar-refractivity contribution in [3.63, 3.8) is 0 Å². The van der Waals surface area contributed by atoms with Gasteiger partial charge in [0.2, 0.25) is 0 Å². The Morgan fingerprint density at radius 2 is 1.82 bits per heavy atom. The van der Waals surface area contributed by atoms with Crippen LogP contribution < -0.4 is 16.8 Å². The molecule has 2 heterocycles. The number of amides is 4. The van der Waals surface area contributed by atoms with Crippen LogP contribution >= 0.6 is 0 Å². The second-order valence-corrected chi connectivity index (χ2v) is 9.88. The van der Waals surface area contributed by atoms with Gasteiger partial charge in [-0.2, -0.15) is 13.2 Å². The largest absolute Gasteiger partial charge is 0.389 e.